The first-order valence-electron chi connectivity index (χ1n) is 17.8. The van der Waals surface area contributed by atoms with Crippen molar-refractivity contribution in [3.63, 3.8) is 0 Å². The number of nitrogens with zero attached hydrogens (tertiary/aromatic N) is 11. The van der Waals surface area contributed by atoms with Crippen LogP contribution in [-0.4, -0.2) is 88.1 Å². The normalized spacial score (nSPS) is 10.3. The smallest absolute Gasteiger partial charge is 0.257 e. The number of rotatable bonds is 12. The number of methoxy groups -OCH3 is 1. The number of aromatic amines is 3. The molecule has 19 nitrogen and oxygen atoms in total. The summed E-state index contributed by atoms with van der Waals surface area (Å²) in [5.41, 5.74) is 3.85. The van der Waals surface area contributed by atoms with E-state index < -0.39 is 0 Å². The number of carbonyl (C=O) groups is 1. The number of nitrogens with one attached hydrogen (secondary N) is 4. The van der Waals surface area contributed by atoms with Crippen LogP contribution in [0.3, 0.4) is 0 Å². The van der Waals surface area contributed by atoms with Crippen molar-refractivity contribution in [2.75, 3.05) is 25.6 Å². The first-order valence-corrected chi connectivity index (χ1v) is 17.8. The van der Waals surface area contributed by atoms with Gasteiger partial charge in [0.15, 0.2) is 11.5 Å². The molecule has 0 radical (unpaired) electrons. The molecule has 0 fully saturated rings. The Bertz CT molecular complexity index is 2420. The number of nitriles is 2. The van der Waals surface area contributed by atoms with Gasteiger partial charge in [0, 0.05) is 22.4 Å². The molecule has 0 saturated heterocycles. The predicted molar refractivity (Wildman–Crippen MR) is 210 cm³/mol. The second-order valence-electron chi connectivity index (χ2n) is 13.0. The minimum Gasteiger partial charge on any atom is -0.493 e. The van der Waals surface area contributed by atoms with Crippen LogP contribution in [0.5, 0.6) is 17.2 Å². The molecule has 7 rings (SSSR count). The van der Waals surface area contributed by atoms with Gasteiger partial charge in [0.2, 0.25) is 17.5 Å². The van der Waals surface area contributed by atoms with Crippen molar-refractivity contribution in [3.05, 3.63) is 102 Å². The zero-order chi connectivity index (χ0) is 41.3. The Hall–Kier alpha value is -8.06. The van der Waals surface area contributed by atoms with E-state index in [1.54, 1.807) is 55.6 Å². The van der Waals surface area contributed by atoms with Crippen molar-refractivity contribution in [1.82, 2.24) is 61.9 Å². The maximum absolute atomic E-state index is 12.3. The number of amides is 1. The van der Waals surface area contributed by atoms with Crippen molar-refractivity contribution in [1.29, 1.82) is 10.5 Å². The van der Waals surface area contributed by atoms with Gasteiger partial charge in [-0.2, -0.15) is 26.2 Å². The monoisotopic (exact) mass is 781 g/mol. The minimum atomic E-state index is -0.345. The molecule has 0 aliphatic rings. The zero-order valence-corrected chi connectivity index (χ0v) is 32.2. The van der Waals surface area contributed by atoms with E-state index >= 15 is 0 Å². The lowest BCUT2D eigenvalue weighted by Crippen LogP contribution is -2.13. The number of tetrazole rings is 3. The summed E-state index contributed by atoms with van der Waals surface area (Å²) in [6, 6.07) is 28.8. The van der Waals surface area contributed by atoms with E-state index in [0.717, 1.165) is 16.9 Å². The fourth-order valence-corrected chi connectivity index (χ4v) is 4.87. The summed E-state index contributed by atoms with van der Waals surface area (Å²) in [4.78, 5) is 12.3. The van der Waals surface area contributed by atoms with E-state index in [9.17, 15) is 10.1 Å². The largest absolute Gasteiger partial charge is 0.493 e. The highest BCUT2D eigenvalue weighted by Crippen LogP contribution is 2.31. The molecule has 0 atom stereocenters. The molecule has 3 heterocycles. The number of hydrogen-bond acceptors (Lipinski definition) is 15. The molecule has 0 bridgehead atoms. The van der Waals surface area contributed by atoms with Gasteiger partial charge in [0.1, 0.15) is 11.8 Å². The maximum atomic E-state index is 12.3. The summed E-state index contributed by atoms with van der Waals surface area (Å²) in [6.45, 7) is 9.54. The number of anilines is 1. The molecule has 4 N–H and O–H groups in total. The molecule has 0 unspecified atom stereocenters. The van der Waals surface area contributed by atoms with Crippen LogP contribution in [0.2, 0.25) is 0 Å². The van der Waals surface area contributed by atoms with Crippen molar-refractivity contribution in [2.45, 2.75) is 27.7 Å². The average molecular weight is 782 g/mol. The standard InChI is InChI=1S/C15H10N6O.C12H13N5O.C12H16N4O2/c16-9-11-8-10(14-18-20-21-19-14)6-7-13(11)15(22)17-12-4-2-1-3-5-12;1-8(2)7-18-11-4-3-9(5-10(11)6-13)12-14-16-17-15-12;1-8(2)7-18-10-5-4-9(6-11(10)17-3)12-13-15-16-14-12/h1-8H,(H,17,22)(H,18,19,20,21);3-5,8H,7H2,1-2H3,(H,14,15,16,17);4-6,8H,7H2,1-3H3,(H,13,14,15,16). The van der Waals surface area contributed by atoms with E-state index in [1.807, 2.05) is 42.5 Å². The van der Waals surface area contributed by atoms with Gasteiger partial charge in [-0.25, -0.2) is 0 Å². The summed E-state index contributed by atoms with van der Waals surface area (Å²) in [5, 5.41) is 62.0. The van der Waals surface area contributed by atoms with Gasteiger partial charge in [0.05, 0.1) is 43.1 Å². The lowest BCUT2D eigenvalue weighted by Gasteiger charge is -2.12. The minimum absolute atomic E-state index is 0.246. The molecule has 0 spiro atoms. The first-order chi connectivity index (χ1) is 28.2. The number of benzene rings is 4. The van der Waals surface area contributed by atoms with Crippen LogP contribution in [0, 0.1) is 34.5 Å². The van der Waals surface area contributed by atoms with Crippen LogP contribution in [0.1, 0.15) is 49.2 Å². The van der Waals surface area contributed by atoms with Crippen molar-refractivity contribution < 1.29 is 19.0 Å². The van der Waals surface area contributed by atoms with Crippen LogP contribution in [0.4, 0.5) is 5.69 Å². The molecule has 3 aromatic heterocycles. The predicted octanol–water partition coefficient (Wildman–Crippen LogP) is 5.67. The number of carbonyl (C=O) groups excluding carboxylic acids is 1. The van der Waals surface area contributed by atoms with Crippen LogP contribution in [0.15, 0.2) is 84.9 Å². The number of aromatic nitrogens is 12. The molecule has 0 saturated carbocycles. The summed E-state index contributed by atoms with van der Waals surface area (Å²) in [7, 11) is 1.61. The van der Waals surface area contributed by atoms with Crippen LogP contribution < -0.4 is 19.5 Å². The molecule has 0 aliphatic carbocycles. The quantitative estimate of drug-likeness (QED) is 0.116. The Morgan fingerprint density at radius 2 is 1.12 bits per heavy atom. The van der Waals surface area contributed by atoms with Crippen LogP contribution in [-0.2, 0) is 0 Å². The molecular weight excluding hydrogens is 743 g/mol. The molecule has 7 aromatic rings. The lowest BCUT2D eigenvalue weighted by atomic mass is 10.0. The second-order valence-corrected chi connectivity index (χ2v) is 13.0. The topological polar surface area (TPSA) is 268 Å². The Morgan fingerprint density at radius 1 is 0.638 bits per heavy atom. The third-order valence-corrected chi connectivity index (χ3v) is 7.63. The van der Waals surface area contributed by atoms with Gasteiger partial charge in [0.25, 0.3) is 5.91 Å². The molecule has 19 heteroatoms. The third-order valence-electron chi connectivity index (χ3n) is 7.63. The summed E-state index contributed by atoms with van der Waals surface area (Å²) < 4.78 is 16.6. The molecule has 294 valence electrons. The Balaban J connectivity index is 0.000000167. The Labute approximate surface area is 332 Å². The highest BCUT2D eigenvalue weighted by molar-refractivity contribution is 6.06. The number of para-hydroxylation sites is 1. The highest BCUT2D eigenvalue weighted by Gasteiger charge is 2.15. The fourth-order valence-electron chi connectivity index (χ4n) is 4.87. The van der Waals surface area contributed by atoms with Crippen molar-refractivity contribution >= 4 is 11.6 Å². The van der Waals surface area contributed by atoms with Gasteiger partial charge in [-0.15, -0.1) is 30.6 Å². The molecule has 4 aromatic carbocycles. The SMILES string of the molecule is CC(C)COc1ccc(-c2nn[nH]n2)cc1C#N.COc1cc(-c2nn[nH]n2)ccc1OCC(C)C.N#Cc1cc(-c2nn[nH]n2)ccc1C(=O)Nc1ccccc1. The van der Waals surface area contributed by atoms with E-state index in [4.69, 9.17) is 19.5 Å². The van der Waals surface area contributed by atoms with E-state index in [1.165, 1.54) is 0 Å². The number of H-pyrrole nitrogens is 3. The average Bonchev–Trinajstić information content (AvgIpc) is 4.08. The molecule has 58 heavy (non-hydrogen) atoms. The van der Waals surface area contributed by atoms with Gasteiger partial charge in [-0.3, -0.25) is 4.79 Å². The van der Waals surface area contributed by atoms with E-state index in [2.05, 4.69) is 101 Å². The number of ether oxygens (including phenoxy) is 3. The maximum Gasteiger partial charge on any atom is 0.257 e. The fraction of sp³-hybridized carbons (Fsp3) is 0.231. The Kier molecular flexibility index (Phi) is 14.6. The summed E-state index contributed by atoms with van der Waals surface area (Å²) in [5.74, 6) is 3.86. The van der Waals surface area contributed by atoms with Gasteiger partial charge in [-0.05, 0) is 88.1 Å². The lowest BCUT2D eigenvalue weighted by molar-refractivity contribution is 0.102. The van der Waals surface area contributed by atoms with Crippen LogP contribution >= 0.6 is 0 Å². The van der Waals surface area contributed by atoms with E-state index in [0.29, 0.717) is 76.4 Å². The highest BCUT2D eigenvalue weighted by atomic mass is 16.5. The number of hydrogen-bond donors (Lipinski definition) is 4. The van der Waals surface area contributed by atoms with E-state index in [-0.39, 0.29) is 11.5 Å². The molecular formula is C39H39N15O4. The zero-order valence-electron chi connectivity index (χ0n) is 32.2. The summed E-state index contributed by atoms with van der Waals surface area (Å²) in [6.07, 6.45) is 0. The van der Waals surface area contributed by atoms with Gasteiger partial charge >= 0.3 is 0 Å². The molecule has 1 amide bonds. The van der Waals surface area contributed by atoms with Crippen molar-refractivity contribution in [2.24, 2.45) is 11.8 Å². The van der Waals surface area contributed by atoms with Gasteiger partial charge in [-0.1, -0.05) is 52.0 Å². The van der Waals surface area contributed by atoms with Crippen LogP contribution in [0.25, 0.3) is 34.2 Å². The van der Waals surface area contributed by atoms with Gasteiger partial charge < -0.3 is 19.5 Å². The first kappa shape index (κ1) is 41.1. The summed E-state index contributed by atoms with van der Waals surface area (Å²) >= 11 is 0. The molecule has 0 aliphatic heterocycles. The Morgan fingerprint density at radius 3 is 1.60 bits per heavy atom. The van der Waals surface area contributed by atoms with Crippen molar-refractivity contribution in [3.8, 4) is 63.6 Å². The second kappa shape index (κ2) is 20.6. The third kappa shape index (κ3) is 11.5.